The molecule has 164 valence electrons. The Morgan fingerprint density at radius 3 is 2.36 bits per heavy atom. The molecule has 0 fully saturated rings. The van der Waals surface area contributed by atoms with Gasteiger partial charge in [0.1, 0.15) is 12.1 Å². The van der Waals surface area contributed by atoms with Crippen molar-refractivity contribution in [3.8, 4) is 28.5 Å². The van der Waals surface area contributed by atoms with E-state index in [2.05, 4.69) is 4.98 Å². The van der Waals surface area contributed by atoms with Gasteiger partial charge in [-0.15, -0.1) is 0 Å². The second kappa shape index (κ2) is 8.56. The molecule has 5 rings (SSSR count). The minimum Gasteiger partial charge on any atom is -0.497 e. The molecule has 2 heterocycles. The molecular weight excluding hydrogens is 483 g/mol. The van der Waals surface area contributed by atoms with Crippen LogP contribution in [0.5, 0.6) is 5.75 Å². The summed E-state index contributed by atoms with van der Waals surface area (Å²) in [6.45, 7) is 0. The highest BCUT2D eigenvalue weighted by Gasteiger charge is 2.20. The third-order valence-electron chi connectivity index (χ3n) is 5.17. The van der Waals surface area contributed by atoms with Crippen LogP contribution in [0.2, 0.25) is 15.1 Å². The summed E-state index contributed by atoms with van der Waals surface area (Å²) in [7, 11) is 1.59. The molecule has 0 aliphatic rings. The van der Waals surface area contributed by atoms with E-state index in [1.54, 1.807) is 60.5 Å². The lowest BCUT2D eigenvalue weighted by Crippen LogP contribution is -2.23. The summed E-state index contributed by atoms with van der Waals surface area (Å²) in [6.07, 6.45) is 1.56. The van der Waals surface area contributed by atoms with Crippen LogP contribution in [0.25, 0.3) is 33.9 Å². The van der Waals surface area contributed by atoms with E-state index in [4.69, 9.17) is 44.5 Å². The largest absolute Gasteiger partial charge is 0.497 e. The highest BCUT2D eigenvalue weighted by atomic mass is 35.5. The molecule has 0 radical (unpaired) electrons. The minimum absolute atomic E-state index is 0.286. The van der Waals surface area contributed by atoms with E-state index >= 15 is 0 Å². The van der Waals surface area contributed by atoms with Gasteiger partial charge < -0.3 is 4.74 Å². The molecule has 33 heavy (non-hydrogen) atoms. The molecule has 9 heteroatoms. The Balaban J connectivity index is 1.85. The van der Waals surface area contributed by atoms with Crippen molar-refractivity contribution in [2.24, 2.45) is 0 Å². The number of rotatable bonds is 4. The maximum Gasteiger partial charge on any atom is 0.285 e. The van der Waals surface area contributed by atoms with Gasteiger partial charge in [0.25, 0.3) is 5.56 Å². The SMILES string of the molecule is COc1cccc(-n2cnc3nc(-c4ccc(Cl)cc4Cl)n(-c4ccc(Cl)cc4)c(=O)c32)c1. The third kappa shape index (κ3) is 3.86. The van der Waals surface area contributed by atoms with Crippen molar-refractivity contribution >= 4 is 46.0 Å². The topological polar surface area (TPSA) is 61.9 Å². The Bertz CT molecular complexity index is 1560. The molecule has 0 amide bonds. The number of ether oxygens (including phenoxy) is 1. The average Bonchev–Trinajstić information content (AvgIpc) is 3.24. The van der Waals surface area contributed by atoms with Gasteiger partial charge in [-0.3, -0.25) is 13.9 Å². The third-order valence-corrected chi connectivity index (χ3v) is 5.97. The number of hydrogen-bond donors (Lipinski definition) is 0. The Morgan fingerprint density at radius 2 is 1.64 bits per heavy atom. The van der Waals surface area contributed by atoms with E-state index in [0.29, 0.717) is 43.4 Å². The van der Waals surface area contributed by atoms with E-state index in [1.807, 2.05) is 24.3 Å². The number of methoxy groups -OCH3 is 1. The lowest BCUT2D eigenvalue weighted by molar-refractivity contribution is 0.414. The van der Waals surface area contributed by atoms with Gasteiger partial charge in [-0.05, 0) is 54.6 Å². The molecule has 0 saturated carbocycles. The van der Waals surface area contributed by atoms with Crippen molar-refractivity contribution in [1.82, 2.24) is 19.1 Å². The molecule has 0 atom stereocenters. The first-order chi connectivity index (χ1) is 16.0. The van der Waals surface area contributed by atoms with Crippen LogP contribution in [-0.4, -0.2) is 26.2 Å². The Morgan fingerprint density at radius 1 is 0.879 bits per heavy atom. The van der Waals surface area contributed by atoms with Crippen molar-refractivity contribution in [3.05, 3.63) is 98.5 Å². The van der Waals surface area contributed by atoms with Crippen LogP contribution in [0.4, 0.5) is 0 Å². The minimum atomic E-state index is -0.316. The summed E-state index contributed by atoms with van der Waals surface area (Å²) >= 11 is 18.7. The highest BCUT2D eigenvalue weighted by molar-refractivity contribution is 6.36. The van der Waals surface area contributed by atoms with Gasteiger partial charge in [0.05, 0.1) is 23.5 Å². The van der Waals surface area contributed by atoms with Crippen molar-refractivity contribution < 1.29 is 4.74 Å². The molecule has 3 aromatic carbocycles. The molecule has 2 aromatic heterocycles. The Hall–Kier alpha value is -3.32. The molecule has 6 nitrogen and oxygen atoms in total. The lowest BCUT2D eigenvalue weighted by Gasteiger charge is -2.15. The zero-order valence-corrected chi connectivity index (χ0v) is 19.4. The number of benzene rings is 3. The number of hydrogen-bond acceptors (Lipinski definition) is 4. The Labute approximate surface area is 203 Å². The van der Waals surface area contributed by atoms with Crippen LogP contribution in [0.15, 0.2) is 77.9 Å². The van der Waals surface area contributed by atoms with E-state index < -0.39 is 0 Å². The van der Waals surface area contributed by atoms with E-state index in [-0.39, 0.29) is 11.2 Å². The number of aromatic nitrogens is 4. The summed E-state index contributed by atoms with van der Waals surface area (Å²) in [5.74, 6) is 0.997. The van der Waals surface area contributed by atoms with Crippen LogP contribution in [0, 0.1) is 0 Å². The first-order valence-electron chi connectivity index (χ1n) is 9.82. The summed E-state index contributed by atoms with van der Waals surface area (Å²) in [5.41, 5.74) is 2.13. The van der Waals surface area contributed by atoms with Crippen LogP contribution in [0.1, 0.15) is 0 Å². The Kier molecular flexibility index (Phi) is 5.58. The van der Waals surface area contributed by atoms with Gasteiger partial charge in [-0.1, -0.05) is 40.9 Å². The van der Waals surface area contributed by atoms with Crippen LogP contribution < -0.4 is 10.3 Å². The van der Waals surface area contributed by atoms with Crippen LogP contribution in [0.3, 0.4) is 0 Å². The molecule has 0 bridgehead atoms. The van der Waals surface area contributed by atoms with Crippen molar-refractivity contribution in [1.29, 1.82) is 0 Å². The van der Waals surface area contributed by atoms with E-state index in [0.717, 1.165) is 5.69 Å². The number of imidazole rings is 1. The molecule has 0 N–H and O–H groups in total. The second-order valence-electron chi connectivity index (χ2n) is 7.16. The van der Waals surface area contributed by atoms with Gasteiger partial charge in [-0.25, -0.2) is 9.97 Å². The van der Waals surface area contributed by atoms with E-state index in [1.165, 1.54) is 4.57 Å². The fourth-order valence-electron chi connectivity index (χ4n) is 3.61. The average molecular weight is 498 g/mol. The fraction of sp³-hybridized carbons (Fsp3) is 0.0417. The molecule has 0 unspecified atom stereocenters. The number of halogens is 3. The van der Waals surface area contributed by atoms with Crippen molar-refractivity contribution in [3.63, 3.8) is 0 Å². The highest BCUT2D eigenvalue weighted by Crippen LogP contribution is 2.31. The summed E-state index contributed by atoms with van der Waals surface area (Å²) in [5, 5.41) is 1.39. The van der Waals surface area contributed by atoms with Crippen molar-refractivity contribution in [2.75, 3.05) is 7.11 Å². The number of fused-ring (bicyclic) bond motifs is 1. The maximum atomic E-state index is 13.9. The molecule has 0 aliphatic carbocycles. The number of nitrogens with zero attached hydrogens (tertiary/aromatic N) is 4. The molecular formula is C24H15Cl3N4O2. The fourth-order valence-corrected chi connectivity index (χ4v) is 4.23. The molecule has 0 saturated heterocycles. The predicted molar refractivity (Wildman–Crippen MR) is 131 cm³/mol. The lowest BCUT2D eigenvalue weighted by atomic mass is 10.2. The standard InChI is InChI=1S/C24H15Cl3N4O2/c1-33-18-4-2-3-17(12-18)30-13-28-22-21(30)24(32)31(16-8-5-14(25)6-9-16)23(29-22)19-10-7-15(26)11-20(19)27/h2-13H,1H3. The van der Waals surface area contributed by atoms with Gasteiger partial charge in [0.2, 0.25) is 0 Å². The second-order valence-corrected chi connectivity index (χ2v) is 8.44. The zero-order valence-electron chi connectivity index (χ0n) is 17.2. The summed E-state index contributed by atoms with van der Waals surface area (Å²) in [4.78, 5) is 23.0. The van der Waals surface area contributed by atoms with Crippen molar-refractivity contribution in [2.45, 2.75) is 0 Å². The molecule has 0 spiro atoms. The summed E-state index contributed by atoms with van der Waals surface area (Å²) < 4.78 is 8.51. The van der Waals surface area contributed by atoms with Crippen LogP contribution in [-0.2, 0) is 0 Å². The first-order valence-corrected chi connectivity index (χ1v) is 11.0. The quantitative estimate of drug-likeness (QED) is 0.296. The van der Waals surface area contributed by atoms with Gasteiger partial charge in [0, 0.05) is 21.7 Å². The summed E-state index contributed by atoms with van der Waals surface area (Å²) in [6, 6.07) is 19.3. The van der Waals surface area contributed by atoms with Gasteiger partial charge >= 0.3 is 0 Å². The molecule has 0 aliphatic heterocycles. The van der Waals surface area contributed by atoms with Crippen LogP contribution >= 0.6 is 34.8 Å². The monoisotopic (exact) mass is 496 g/mol. The first kappa shape index (κ1) is 21.5. The predicted octanol–water partition coefficient (Wildman–Crippen LogP) is 6.21. The molecule has 5 aromatic rings. The maximum absolute atomic E-state index is 13.9. The van der Waals surface area contributed by atoms with E-state index in [9.17, 15) is 4.79 Å². The smallest absolute Gasteiger partial charge is 0.285 e. The van der Waals surface area contributed by atoms with Gasteiger partial charge in [-0.2, -0.15) is 0 Å². The van der Waals surface area contributed by atoms with Gasteiger partial charge in [0.15, 0.2) is 17.0 Å². The normalized spacial score (nSPS) is 11.2. The zero-order chi connectivity index (χ0) is 23.1.